The number of hydrogen-bond donors (Lipinski definition) is 2. The predicted molar refractivity (Wildman–Crippen MR) is 127 cm³/mol. The first-order valence-electron chi connectivity index (χ1n) is 12.1. The average Bonchev–Trinajstić information content (AvgIpc) is 2.75. The molecule has 2 aromatic carbocycles. The summed E-state index contributed by atoms with van der Waals surface area (Å²) in [6, 6.07) is 8.43. The van der Waals surface area contributed by atoms with Gasteiger partial charge in [0.25, 0.3) is 0 Å². The van der Waals surface area contributed by atoms with Gasteiger partial charge in [-0.3, -0.25) is 4.79 Å². The molecule has 31 heavy (non-hydrogen) atoms. The van der Waals surface area contributed by atoms with Gasteiger partial charge in [0.2, 0.25) is 0 Å². The van der Waals surface area contributed by atoms with E-state index in [9.17, 15) is 19.8 Å². The van der Waals surface area contributed by atoms with Gasteiger partial charge in [-0.1, -0.05) is 108 Å². The van der Waals surface area contributed by atoms with Crippen LogP contribution in [0.4, 0.5) is 0 Å². The van der Waals surface area contributed by atoms with Gasteiger partial charge in [-0.05, 0) is 23.3 Å². The highest BCUT2D eigenvalue weighted by Gasteiger charge is 2.23. The smallest absolute Gasteiger partial charge is 0.337 e. The molecule has 0 radical (unpaired) electrons. The van der Waals surface area contributed by atoms with Crippen LogP contribution in [0.15, 0.2) is 30.3 Å². The van der Waals surface area contributed by atoms with Crippen LogP contribution in [0.1, 0.15) is 118 Å². The highest BCUT2D eigenvalue weighted by molar-refractivity contribution is 6.15. The first kappa shape index (κ1) is 24.9. The Morgan fingerprint density at radius 2 is 1.26 bits per heavy atom. The topological polar surface area (TPSA) is 74.6 Å². The third kappa shape index (κ3) is 8.01. The molecule has 0 aliphatic carbocycles. The number of aromatic carboxylic acids is 1. The number of unbranched alkanes of at least 4 members (excludes halogenated alkanes) is 12. The van der Waals surface area contributed by atoms with Gasteiger partial charge in [0.15, 0.2) is 5.78 Å². The molecule has 0 saturated heterocycles. The van der Waals surface area contributed by atoms with E-state index in [1.54, 1.807) is 24.3 Å². The van der Waals surface area contributed by atoms with Gasteiger partial charge in [0.05, 0.1) is 11.1 Å². The van der Waals surface area contributed by atoms with Crippen molar-refractivity contribution in [3.05, 3.63) is 41.5 Å². The van der Waals surface area contributed by atoms with Gasteiger partial charge in [0, 0.05) is 6.42 Å². The van der Waals surface area contributed by atoms with Crippen molar-refractivity contribution < 1.29 is 19.8 Å². The number of benzene rings is 2. The highest BCUT2D eigenvalue weighted by atomic mass is 16.4. The Kier molecular flexibility index (Phi) is 11.1. The maximum atomic E-state index is 12.7. The van der Waals surface area contributed by atoms with Gasteiger partial charge in [-0.15, -0.1) is 0 Å². The summed E-state index contributed by atoms with van der Waals surface area (Å²) in [5, 5.41) is 21.1. The molecule has 2 rings (SSSR count). The summed E-state index contributed by atoms with van der Waals surface area (Å²) in [4.78, 5) is 24.5. The summed E-state index contributed by atoms with van der Waals surface area (Å²) in [6.07, 6.45) is 16.2. The maximum Gasteiger partial charge on any atom is 0.337 e. The second-order valence-electron chi connectivity index (χ2n) is 8.59. The third-order valence-electron chi connectivity index (χ3n) is 6.03. The second kappa shape index (κ2) is 13.8. The van der Waals surface area contributed by atoms with Gasteiger partial charge >= 0.3 is 5.97 Å². The van der Waals surface area contributed by atoms with Crippen molar-refractivity contribution in [2.24, 2.45) is 0 Å². The van der Waals surface area contributed by atoms with E-state index in [0.29, 0.717) is 10.8 Å². The predicted octanol–water partition coefficient (Wildman–Crippen LogP) is 7.91. The fourth-order valence-corrected chi connectivity index (χ4v) is 4.27. The number of carbonyl (C=O) groups excluding carboxylic acids is 1. The molecule has 0 aromatic heterocycles. The molecule has 2 aromatic rings. The molecule has 0 amide bonds. The molecular formula is C27H38O4. The molecule has 0 saturated carbocycles. The number of phenolic OH excluding ortho intramolecular Hbond substituents is 1. The van der Waals surface area contributed by atoms with E-state index >= 15 is 0 Å². The highest BCUT2D eigenvalue weighted by Crippen LogP contribution is 2.32. The Morgan fingerprint density at radius 1 is 0.742 bits per heavy atom. The van der Waals surface area contributed by atoms with Crippen molar-refractivity contribution >= 4 is 22.5 Å². The minimum atomic E-state index is -1.18. The second-order valence-corrected chi connectivity index (χ2v) is 8.59. The lowest BCUT2D eigenvalue weighted by Gasteiger charge is -2.11. The van der Waals surface area contributed by atoms with E-state index in [-0.39, 0.29) is 29.1 Å². The number of carboxylic acid groups (broad SMARTS) is 1. The monoisotopic (exact) mass is 426 g/mol. The summed E-state index contributed by atoms with van der Waals surface area (Å²) in [5.41, 5.74) is -0.138. The van der Waals surface area contributed by atoms with Crippen LogP contribution in [0.3, 0.4) is 0 Å². The summed E-state index contributed by atoms with van der Waals surface area (Å²) >= 11 is 0. The zero-order valence-electron chi connectivity index (χ0n) is 19.0. The number of fused-ring (bicyclic) bond motifs is 1. The minimum absolute atomic E-state index is 0.0508. The Balaban J connectivity index is 1.70. The van der Waals surface area contributed by atoms with E-state index in [1.165, 1.54) is 70.3 Å². The van der Waals surface area contributed by atoms with Crippen molar-refractivity contribution in [3.63, 3.8) is 0 Å². The molecule has 4 nitrogen and oxygen atoms in total. The Bertz CT molecular complexity index is 840. The Morgan fingerprint density at radius 3 is 1.81 bits per heavy atom. The van der Waals surface area contributed by atoms with Crippen molar-refractivity contribution in [1.82, 2.24) is 0 Å². The quantitative estimate of drug-likeness (QED) is 0.211. The maximum absolute atomic E-state index is 12.7. The lowest BCUT2D eigenvalue weighted by Crippen LogP contribution is -2.10. The SMILES string of the molecule is CCCCCCCCCCCCCCCC(=O)c1c(O)cc2ccccc2c1C(=O)O. The molecule has 0 bridgehead atoms. The molecule has 0 aliphatic rings. The Labute approximate surface area is 186 Å². The van der Waals surface area contributed by atoms with Crippen LogP contribution in [0.25, 0.3) is 10.8 Å². The summed E-state index contributed by atoms with van der Waals surface area (Å²) in [5.74, 6) is -1.71. The number of aromatic hydroxyl groups is 1. The van der Waals surface area contributed by atoms with Crippen LogP contribution in [-0.4, -0.2) is 22.0 Å². The first-order valence-corrected chi connectivity index (χ1v) is 12.1. The van der Waals surface area contributed by atoms with Crippen LogP contribution in [0, 0.1) is 0 Å². The number of phenols is 1. The zero-order valence-corrected chi connectivity index (χ0v) is 19.0. The zero-order chi connectivity index (χ0) is 22.5. The van der Waals surface area contributed by atoms with Gasteiger partial charge in [-0.25, -0.2) is 4.79 Å². The molecular weight excluding hydrogens is 388 g/mol. The van der Waals surface area contributed by atoms with E-state index in [1.807, 2.05) is 0 Å². The average molecular weight is 427 g/mol. The molecule has 0 fully saturated rings. The molecule has 0 spiro atoms. The van der Waals surface area contributed by atoms with E-state index in [2.05, 4.69) is 6.92 Å². The normalized spacial score (nSPS) is 11.1. The van der Waals surface area contributed by atoms with E-state index in [0.717, 1.165) is 19.3 Å². The molecule has 0 aliphatic heterocycles. The summed E-state index contributed by atoms with van der Waals surface area (Å²) in [6.45, 7) is 2.25. The van der Waals surface area contributed by atoms with Crippen LogP contribution in [0.5, 0.6) is 5.75 Å². The lowest BCUT2D eigenvalue weighted by atomic mass is 9.93. The van der Waals surface area contributed by atoms with Crippen molar-refractivity contribution in [2.75, 3.05) is 0 Å². The van der Waals surface area contributed by atoms with Crippen molar-refractivity contribution in [2.45, 2.75) is 96.8 Å². The standard InChI is InChI=1S/C27H38O4/c1-2-3-4-5-6-7-8-9-10-11-12-13-14-19-23(28)26-24(29)20-21-17-15-16-18-22(21)25(26)27(30)31/h15-18,20,29H,2-14,19H2,1H3,(H,30,31). The molecule has 0 unspecified atom stereocenters. The number of carbonyl (C=O) groups is 2. The van der Waals surface area contributed by atoms with Crippen LogP contribution >= 0.6 is 0 Å². The molecule has 4 heteroatoms. The number of carboxylic acids is 1. The molecule has 0 heterocycles. The number of rotatable bonds is 16. The fraction of sp³-hybridized carbons (Fsp3) is 0.556. The summed E-state index contributed by atoms with van der Waals surface area (Å²) in [7, 11) is 0. The summed E-state index contributed by atoms with van der Waals surface area (Å²) < 4.78 is 0. The van der Waals surface area contributed by atoms with E-state index in [4.69, 9.17) is 0 Å². The molecule has 170 valence electrons. The van der Waals surface area contributed by atoms with Gasteiger partial charge < -0.3 is 10.2 Å². The molecule has 2 N–H and O–H groups in total. The van der Waals surface area contributed by atoms with Gasteiger partial charge in [-0.2, -0.15) is 0 Å². The van der Waals surface area contributed by atoms with Crippen LogP contribution < -0.4 is 0 Å². The minimum Gasteiger partial charge on any atom is -0.507 e. The van der Waals surface area contributed by atoms with E-state index < -0.39 is 5.97 Å². The van der Waals surface area contributed by atoms with Crippen LogP contribution in [0.2, 0.25) is 0 Å². The van der Waals surface area contributed by atoms with Crippen LogP contribution in [-0.2, 0) is 0 Å². The number of hydrogen-bond acceptors (Lipinski definition) is 3. The number of Topliss-reactive ketones (excluding diaryl/α,β-unsaturated/α-hetero) is 1. The first-order chi connectivity index (χ1) is 15.1. The lowest BCUT2D eigenvalue weighted by molar-refractivity contribution is 0.0693. The van der Waals surface area contributed by atoms with Gasteiger partial charge in [0.1, 0.15) is 5.75 Å². The number of ketones is 1. The van der Waals surface area contributed by atoms with Crippen molar-refractivity contribution in [1.29, 1.82) is 0 Å². The molecule has 0 atom stereocenters. The third-order valence-corrected chi connectivity index (χ3v) is 6.03. The van der Waals surface area contributed by atoms with Crippen molar-refractivity contribution in [3.8, 4) is 5.75 Å². The Hall–Kier alpha value is -2.36. The fourth-order valence-electron chi connectivity index (χ4n) is 4.27. The largest absolute Gasteiger partial charge is 0.507 e.